The Kier molecular flexibility index (Phi) is 6.57. The highest BCUT2D eigenvalue weighted by Gasteiger charge is 2.15. The molecule has 0 aromatic carbocycles. The van der Waals surface area contributed by atoms with Gasteiger partial charge in [0.15, 0.2) is 0 Å². The Labute approximate surface area is 113 Å². The third kappa shape index (κ3) is 4.22. The molecule has 1 aromatic rings. The maximum Gasteiger partial charge on any atom is 0.341 e. The van der Waals surface area contributed by atoms with E-state index in [4.69, 9.17) is 4.74 Å². The zero-order chi connectivity index (χ0) is 13.4. The fraction of sp³-hybridized carbons (Fsp3) is 0.538. The lowest BCUT2D eigenvalue weighted by Gasteiger charge is -2.18. The van der Waals surface area contributed by atoms with Crippen LogP contribution in [0.2, 0.25) is 0 Å². The summed E-state index contributed by atoms with van der Waals surface area (Å²) in [6.45, 7) is 4.28. The van der Waals surface area contributed by atoms with Gasteiger partial charge in [0.1, 0.15) is 11.4 Å². The molecule has 0 aliphatic rings. The van der Waals surface area contributed by atoms with E-state index < -0.39 is 0 Å². The molecule has 4 nitrogen and oxygen atoms in total. The van der Waals surface area contributed by atoms with E-state index in [1.54, 1.807) is 37.0 Å². The van der Waals surface area contributed by atoms with Crippen molar-refractivity contribution in [2.24, 2.45) is 0 Å². The molecule has 5 heteroatoms. The number of aromatic nitrogens is 1. The highest BCUT2D eigenvalue weighted by Crippen LogP contribution is 2.16. The van der Waals surface area contributed by atoms with Crippen molar-refractivity contribution >= 4 is 23.5 Å². The molecule has 0 amide bonds. The van der Waals surface area contributed by atoms with E-state index in [0.29, 0.717) is 24.0 Å². The molecular weight excluding hydrogens is 248 g/mol. The summed E-state index contributed by atoms with van der Waals surface area (Å²) in [7, 11) is 0. The van der Waals surface area contributed by atoms with Crippen LogP contribution in [-0.4, -0.2) is 35.6 Å². The fourth-order valence-electron chi connectivity index (χ4n) is 1.55. The van der Waals surface area contributed by atoms with Gasteiger partial charge in [0.05, 0.1) is 6.61 Å². The lowest BCUT2D eigenvalue weighted by Crippen LogP contribution is -2.23. The number of pyridine rings is 1. The van der Waals surface area contributed by atoms with Gasteiger partial charge < -0.3 is 10.1 Å². The summed E-state index contributed by atoms with van der Waals surface area (Å²) < 4.78 is 5.02. The lowest BCUT2D eigenvalue weighted by atomic mass is 10.2. The van der Waals surface area contributed by atoms with Crippen molar-refractivity contribution in [3.05, 3.63) is 23.9 Å². The van der Waals surface area contributed by atoms with E-state index in [1.807, 2.05) is 0 Å². The van der Waals surface area contributed by atoms with E-state index in [-0.39, 0.29) is 5.97 Å². The van der Waals surface area contributed by atoms with Gasteiger partial charge in [-0.15, -0.1) is 0 Å². The van der Waals surface area contributed by atoms with Gasteiger partial charge in [0, 0.05) is 18.0 Å². The molecule has 0 saturated carbocycles. The van der Waals surface area contributed by atoms with Gasteiger partial charge in [-0.05, 0) is 31.7 Å². The Morgan fingerprint density at radius 3 is 2.94 bits per heavy atom. The highest BCUT2D eigenvalue weighted by molar-refractivity contribution is 7.98. The van der Waals surface area contributed by atoms with Gasteiger partial charge in [-0.1, -0.05) is 6.92 Å². The number of rotatable bonds is 7. The predicted octanol–water partition coefficient (Wildman–Crippen LogP) is 2.81. The maximum absolute atomic E-state index is 11.8. The third-order valence-corrected chi connectivity index (χ3v) is 3.24. The number of carbonyl (C=O) groups is 1. The summed E-state index contributed by atoms with van der Waals surface area (Å²) in [5.74, 6) is 1.26. The molecule has 0 radical (unpaired) electrons. The molecule has 0 aliphatic heterocycles. The maximum atomic E-state index is 11.8. The number of nitrogens with one attached hydrogen (secondary N) is 1. The molecule has 1 rings (SSSR count). The Morgan fingerprint density at radius 1 is 1.56 bits per heavy atom. The minimum atomic E-state index is -0.327. The first-order chi connectivity index (χ1) is 8.72. The molecule has 0 aliphatic carbocycles. The van der Waals surface area contributed by atoms with Gasteiger partial charge in [-0.2, -0.15) is 11.8 Å². The van der Waals surface area contributed by atoms with E-state index in [9.17, 15) is 4.79 Å². The highest BCUT2D eigenvalue weighted by atomic mass is 32.2. The van der Waals surface area contributed by atoms with E-state index in [2.05, 4.69) is 23.5 Å². The van der Waals surface area contributed by atoms with Gasteiger partial charge >= 0.3 is 5.97 Å². The lowest BCUT2D eigenvalue weighted by molar-refractivity contribution is 0.0527. The van der Waals surface area contributed by atoms with Gasteiger partial charge in [-0.25, -0.2) is 9.78 Å². The summed E-state index contributed by atoms with van der Waals surface area (Å²) in [6.07, 6.45) is 4.73. The topological polar surface area (TPSA) is 51.2 Å². The van der Waals surface area contributed by atoms with Gasteiger partial charge in [0.25, 0.3) is 0 Å². The standard InChI is InChI=1S/C13H20N2O2S/c1-4-10(9-18-3)15-12-11(7-6-8-14-12)13(16)17-5-2/h6-8,10H,4-5,9H2,1-3H3,(H,14,15). The van der Waals surface area contributed by atoms with Crippen LogP contribution in [0.5, 0.6) is 0 Å². The molecular formula is C13H20N2O2S. The predicted molar refractivity (Wildman–Crippen MR) is 76.3 cm³/mol. The Morgan fingerprint density at radius 2 is 2.33 bits per heavy atom. The Hall–Kier alpha value is -1.23. The quantitative estimate of drug-likeness (QED) is 0.771. The van der Waals surface area contributed by atoms with Gasteiger partial charge in [0.2, 0.25) is 0 Å². The van der Waals surface area contributed by atoms with Gasteiger partial charge in [-0.3, -0.25) is 0 Å². The second kappa shape index (κ2) is 7.97. The molecule has 0 bridgehead atoms. The number of thioether (sulfide) groups is 1. The normalized spacial score (nSPS) is 11.9. The first-order valence-corrected chi connectivity index (χ1v) is 7.49. The van der Waals surface area contributed by atoms with Crippen LogP contribution < -0.4 is 5.32 Å². The molecule has 1 aromatic heterocycles. The van der Waals surface area contributed by atoms with Crippen molar-refractivity contribution in [2.45, 2.75) is 26.3 Å². The smallest absolute Gasteiger partial charge is 0.341 e. The minimum Gasteiger partial charge on any atom is -0.462 e. The number of ether oxygens (including phenoxy) is 1. The van der Waals surface area contributed by atoms with Crippen molar-refractivity contribution < 1.29 is 9.53 Å². The summed E-state index contributed by atoms with van der Waals surface area (Å²) in [6, 6.07) is 3.79. The molecule has 1 atom stereocenters. The number of nitrogens with zero attached hydrogens (tertiary/aromatic N) is 1. The van der Waals surface area contributed by atoms with Crippen molar-refractivity contribution in [2.75, 3.05) is 23.9 Å². The zero-order valence-corrected chi connectivity index (χ0v) is 11.9. The molecule has 0 fully saturated rings. The average Bonchev–Trinajstić information content (AvgIpc) is 2.39. The summed E-state index contributed by atoms with van der Waals surface area (Å²) in [4.78, 5) is 16.0. The van der Waals surface area contributed by atoms with E-state index >= 15 is 0 Å². The number of anilines is 1. The Bertz CT molecular complexity index is 385. The second-order valence-electron chi connectivity index (χ2n) is 3.82. The van der Waals surface area contributed by atoms with Crippen LogP contribution in [0.4, 0.5) is 5.82 Å². The van der Waals surface area contributed by atoms with E-state index in [1.165, 1.54) is 0 Å². The van der Waals surface area contributed by atoms with Crippen LogP contribution >= 0.6 is 11.8 Å². The summed E-state index contributed by atoms with van der Waals surface area (Å²) in [5, 5.41) is 3.30. The minimum absolute atomic E-state index is 0.308. The van der Waals surface area contributed by atoms with Crippen LogP contribution in [-0.2, 0) is 4.74 Å². The monoisotopic (exact) mass is 268 g/mol. The van der Waals surface area contributed by atoms with Crippen molar-refractivity contribution in [1.82, 2.24) is 4.98 Å². The zero-order valence-electron chi connectivity index (χ0n) is 11.1. The van der Waals surface area contributed by atoms with Crippen LogP contribution in [0.15, 0.2) is 18.3 Å². The number of carbonyl (C=O) groups excluding carboxylic acids is 1. The first-order valence-electron chi connectivity index (χ1n) is 6.10. The largest absolute Gasteiger partial charge is 0.462 e. The number of hydrogen-bond acceptors (Lipinski definition) is 5. The van der Waals surface area contributed by atoms with Crippen molar-refractivity contribution in [3.8, 4) is 0 Å². The molecule has 100 valence electrons. The summed E-state index contributed by atoms with van der Waals surface area (Å²) >= 11 is 1.77. The fourth-order valence-corrected chi connectivity index (χ4v) is 2.27. The third-order valence-electron chi connectivity index (χ3n) is 2.50. The van der Waals surface area contributed by atoms with Crippen LogP contribution in [0.25, 0.3) is 0 Å². The van der Waals surface area contributed by atoms with Crippen LogP contribution in [0.1, 0.15) is 30.6 Å². The van der Waals surface area contributed by atoms with E-state index in [0.717, 1.165) is 12.2 Å². The first kappa shape index (κ1) is 14.8. The SMILES string of the molecule is CCOC(=O)c1cccnc1NC(CC)CSC. The average molecular weight is 268 g/mol. The molecule has 0 saturated heterocycles. The summed E-state index contributed by atoms with van der Waals surface area (Å²) in [5.41, 5.74) is 0.499. The second-order valence-corrected chi connectivity index (χ2v) is 4.74. The molecule has 1 unspecified atom stereocenters. The number of hydrogen-bond donors (Lipinski definition) is 1. The molecule has 18 heavy (non-hydrogen) atoms. The van der Waals surface area contributed by atoms with Crippen LogP contribution in [0.3, 0.4) is 0 Å². The van der Waals surface area contributed by atoms with Crippen LogP contribution in [0, 0.1) is 0 Å². The Balaban J connectivity index is 2.84. The van der Waals surface area contributed by atoms with Crippen molar-refractivity contribution in [1.29, 1.82) is 0 Å². The molecule has 1 N–H and O–H groups in total. The number of esters is 1. The van der Waals surface area contributed by atoms with Crippen molar-refractivity contribution in [3.63, 3.8) is 0 Å². The molecule has 0 spiro atoms. The molecule has 1 heterocycles.